The fourth-order valence-electron chi connectivity index (χ4n) is 2.63. The van der Waals surface area contributed by atoms with Gasteiger partial charge >= 0.3 is 0 Å². The Morgan fingerprint density at radius 3 is 3.16 bits per heavy atom. The van der Waals surface area contributed by atoms with Gasteiger partial charge in [0, 0.05) is 34.9 Å². The molecule has 6 heteroatoms. The molecule has 0 saturated carbocycles. The van der Waals surface area contributed by atoms with Gasteiger partial charge in [-0.2, -0.15) is 0 Å². The molecule has 0 N–H and O–H groups in total. The van der Waals surface area contributed by atoms with E-state index in [2.05, 4.69) is 48.3 Å². The van der Waals surface area contributed by atoms with Gasteiger partial charge in [-0.05, 0) is 23.4 Å². The average molecular weight is 354 g/mol. The third kappa shape index (κ3) is 1.85. The number of fused-ring (bicyclic) bond motifs is 2. The Hall–Kier alpha value is -0.850. The second-order valence-corrected chi connectivity index (χ2v) is 7.05. The van der Waals surface area contributed by atoms with E-state index in [0.717, 1.165) is 35.6 Å². The summed E-state index contributed by atoms with van der Waals surface area (Å²) in [5.74, 6) is 1.14. The largest absolute Gasteiger partial charge is 0.350 e. The first kappa shape index (κ1) is 11.9. The summed E-state index contributed by atoms with van der Waals surface area (Å²) in [5.41, 5.74) is 2.73. The van der Waals surface area contributed by atoms with Crippen LogP contribution in [0.25, 0.3) is 4.96 Å². The molecule has 1 aliphatic rings. The Morgan fingerprint density at radius 2 is 2.26 bits per heavy atom. The van der Waals surface area contributed by atoms with Gasteiger partial charge in [0.1, 0.15) is 0 Å². The minimum atomic E-state index is 0.841. The molecule has 0 unspecified atom stereocenters. The molecule has 19 heavy (non-hydrogen) atoms. The molecule has 98 valence electrons. The number of aromatic nitrogens is 2. The van der Waals surface area contributed by atoms with Crippen LogP contribution in [0.1, 0.15) is 16.1 Å². The third-order valence-electron chi connectivity index (χ3n) is 3.57. The van der Waals surface area contributed by atoms with E-state index in [1.807, 2.05) is 11.3 Å². The second-order valence-electron chi connectivity index (χ2n) is 4.61. The first-order valence-corrected chi connectivity index (χ1v) is 9.05. The highest BCUT2D eigenvalue weighted by Crippen LogP contribution is 2.31. The maximum Gasteiger partial charge on any atom is 0.195 e. The summed E-state index contributed by atoms with van der Waals surface area (Å²) in [7, 11) is 0. The number of hydrogen-bond donors (Lipinski definition) is 0. The van der Waals surface area contributed by atoms with Crippen molar-refractivity contribution in [2.75, 3.05) is 11.4 Å². The van der Waals surface area contributed by atoms with Crippen molar-refractivity contribution in [3.05, 3.63) is 39.2 Å². The summed E-state index contributed by atoms with van der Waals surface area (Å²) < 4.78 is 2.19. The normalized spacial score (nSPS) is 15.1. The van der Waals surface area contributed by atoms with E-state index >= 15 is 0 Å². The minimum absolute atomic E-state index is 0.841. The number of alkyl halides is 1. The quantitative estimate of drug-likeness (QED) is 0.651. The molecule has 0 saturated heterocycles. The van der Waals surface area contributed by atoms with Crippen LogP contribution < -0.4 is 4.90 Å². The monoisotopic (exact) mass is 353 g/mol. The number of halogens is 1. The Bertz CT molecular complexity index is 727. The fourth-order valence-corrected chi connectivity index (χ4v) is 4.77. The molecule has 3 aromatic heterocycles. The van der Waals surface area contributed by atoms with Gasteiger partial charge in [0.15, 0.2) is 10.8 Å². The summed E-state index contributed by atoms with van der Waals surface area (Å²) in [6.45, 7) is 2.06. The predicted octanol–water partition coefficient (Wildman–Crippen LogP) is 3.91. The smallest absolute Gasteiger partial charge is 0.195 e. The van der Waals surface area contributed by atoms with Gasteiger partial charge in [-0.25, -0.2) is 4.98 Å². The maximum atomic E-state index is 4.81. The van der Waals surface area contributed by atoms with Crippen molar-refractivity contribution in [3.63, 3.8) is 0 Å². The molecule has 0 aromatic carbocycles. The number of thiophene rings is 1. The lowest BCUT2D eigenvalue weighted by atomic mass is 10.1. The van der Waals surface area contributed by atoms with Crippen LogP contribution in [0.15, 0.2) is 23.0 Å². The molecule has 0 spiro atoms. The molecule has 0 atom stereocenters. The van der Waals surface area contributed by atoms with E-state index in [0.29, 0.717) is 0 Å². The molecular weight excluding hydrogens is 342 g/mol. The van der Waals surface area contributed by atoms with Crippen LogP contribution in [-0.4, -0.2) is 15.9 Å². The molecular formula is C13H12BrN3S2. The van der Waals surface area contributed by atoms with Gasteiger partial charge < -0.3 is 4.90 Å². The van der Waals surface area contributed by atoms with Crippen LogP contribution in [0.4, 0.5) is 5.82 Å². The first-order chi connectivity index (χ1) is 9.36. The lowest BCUT2D eigenvalue weighted by molar-refractivity contribution is 0.731. The highest BCUT2D eigenvalue weighted by Gasteiger charge is 2.23. The zero-order valence-electron chi connectivity index (χ0n) is 10.2. The molecule has 0 fully saturated rings. The lowest BCUT2D eigenvalue weighted by Gasteiger charge is -2.27. The van der Waals surface area contributed by atoms with Crippen LogP contribution in [0.2, 0.25) is 0 Å². The van der Waals surface area contributed by atoms with Crippen molar-refractivity contribution in [1.82, 2.24) is 9.38 Å². The standard InChI is InChI=1S/C13H12BrN3S2/c14-7-10-12(15-13-17(10)4-6-19-13)16-3-1-11-9(8-16)2-5-18-11/h2,4-6H,1,3,7-8H2. The first-order valence-electron chi connectivity index (χ1n) is 6.17. The zero-order chi connectivity index (χ0) is 12.8. The number of hydrogen-bond acceptors (Lipinski definition) is 4. The Balaban J connectivity index is 1.77. The zero-order valence-corrected chi connectivity index (χ0v) is 13.4. The highest BCUT2D eigenvalue weighted by molar-refractivity contribution is 9.08. The Labute approximate surface area is 127 Å². The van der Waals surface area contributed by atoms with E-state index in [1.54, 1.807) is 11.3 Å². The van der Waals surface area contributed by atoms with Crippen LogP contribution >= 0.6 is 38.6 Å². The molecule has 0 bridgehead atoms. The SMILES string of the molecule is BrCc1c(N2CCc3sccc3C2)nc2sccn12. The van der Waals surface area contributed by atoms with E-state index in [4.69, 9.17) is 4.98 Å². The van der Waals surface area contributed by atoms with Gasteiger partial charge in [-0.3, -0.25) is 4.40 Å². The molecule has 0 amide bonds. The molecule has 3 nitrogen and oxygen atoms in total. The predicted molar refractivity (Wildman–Crippen MR) is 84.8 cm³/mol. The summed E-state index contributed by atoms with van der Waals surface area (Å²) in [6, 6.07) is 2.25. The van der Waals surface area contributed by atoms with Crippen LogP contribution in [0.3, 0.4) is 0 Å². The molecule has 1 aliphatic heterocycles. The number of anilines is 1. The summed E-state index contributed by atoms with van der Waals surface area (Å²) in [4.78, 5) is 9.84. The van der Waals surface area contributed by atoms with E-state index in [9.17, 15) is 0 Å². The molecule has 0 radical (unpaired) electrons. The molecule has 4 heterocycles. The van der Waals surface area contributed by atoms with Crippen molar-refractivity contribution in [2.45, 2.75) is 18.3 Å². The van der Waals surface area contributed by atoms with Gasteiger partial charge in [0.2, 0.25) is 0 Å². The average Bonchev–Trinajstić information content (AvgIpc) is 3.12. The van der Waals surface area contributed by atoms with Crippen molar-refractivity contribution in [2.24, 2.45) is 0 Å². The number of rotatable bonds is 2. The van der Waals surface area contributed by atoms with Crippen molar-refractivity contribution >= 4 is 49.4 Å². The maximum absolute atomic E-state index is 4.81. The summed E-state index contributed by atoms with van der Waals surface area (Å²) in [6.07, 6.45) is 3.24. The Kier molecular flexibility index (Phi) is 2.90. The van der Waals surface area contributed by atoms with Crippen molar-refractivity contribution in [3.8, 4) is 0 Å². The van der Waals surface area contributed by atoms with Gasteiger partial charge in [-0.15, -0.1) is 22.7 Å². The lowest BCUT2D eigenvalue weighted by Crippen LogP contribution is -2.30. The van der Waals surface area contributed by atoms with Gasteiger partial charge in [0.25, 0.3) is 0 Å². The molecule has 3 aromatic rings. The highest BCUT2D eigenvalue weighted by atomic mass is 79.9. The number of imidazole rings is 1. The fraction of sp³-hybridized carbons (Fsp3) is 0.308. The summed E-state index contributed by atoms with van der Waals surface area (Å²) in [5, 5.41) is 5.13. The topological polar surface area (TPSA) is 20.5 Å². The number of thiazole rings is 1. The molecule has 0 aliphatic carbocycles. The molecule has 4 rings (SSSR count). The van der Waals surface area contributed by atoms with Crippen LogP contribution in [0, 0.1) is 0 Å². The Morgan fingerprint density at radius 1 is 1.32 bits per heavy atom. The van der Waals surface area contributed by atoms with Crippen molar-refractivity contribution in [1.29, 1.82) is 0 Å². The minimum Gasteiger partial charge on any atom is -0.350 e. The van der Waals surface area contributed by atoms with Crippen LogP contribution in [0.5, 0.6) is 0 Å². The third-order valence-corrected chi connectivity index (χ3v) is 5.88. The van der Waals surface area contributed by atoms with E-state index in [-0.39, 0.29) is 0 Å². The second kappa shape index (κ2) is 4.61. The number of nitrogens with zero attached hydrogens (tertiary/aromatic N) is 3. The van der Waals surface area contributed by atoms with Crippen molar-refractivity contribution < 1.29 is 0 Å². The van der Waals surface area contributed by atoms with E-state index < -0.39 is 0 Å². The summed E-state index contributed by atoms with van der Waals surface area (Å²) >= 11 is 7.18. The van der Waals surface area contributed by atoms with E-state index in [1.165, 1.54) is 16.1 Å². The van der Waals surface area contributed by atoms with Crippen LogP contribution in [-0.2, 0) is 18.3 Å². The van der Waals surface area contributed by atoms with Gasteiger partial charge in [0.05, 0.1) is 5.69 Å². The van der Waals surface area contributed by atoms with Gasteiger partial charge in [-0.1, -0.05) is 15.9 Å².